The van der Waals surface area contributed by atoms with Gasteiger partial charge in [-0.3, -0.25) is 14.4 Å². The van der Waals surface area contributed by atoms with E-state index < -0.39 is 40.5 Å². The standard InChI is InChI=1S/C17H20N2O6/c1-25-8-2-3-9(11(18)6-8)16(15(23)24)5-4-10-13(14(21)22)17(10,16)7-12(19)20/h2-3,6,10,13H,4-5,7,18H2,1H3,(H2,19,20)(H,21,22)(H,23,24). The van der Waals surface area contributed by atoms with Crippen LogP contribution in [0, 0.1) is 17.3 Å². The molecule has 4 atom stereocenters. The van der Waals surface area contributed by atoms with E-state index in [-0.39, 0.29) is 18.5 Å². The Balaban J connectivity index is 2.22. The van der Waals surface area contributed by atoms with Gasteiger partial charge in [0.05, 0.1) is 13.0 Å². The summed E-state index contributed by atoms with van der Waals surface area (Å²) in [6.45, 7) is 0. The van der Waals surface area contributed by atoms with Crippen molar-refractivity contribution in [3.8, 4) is 5.75 Å². The number of amides is 1. The quantitative estimate of drug-likeness (QED) is 0.549. The summed E-state index contributed by atoms with van der Waals surface area (Å²) >= 11 is 0. The number of nitrogen functional groups attached to an aromatic ring is 1. The summed E-state index contributed by atoms with van der Waals surface area (Å²) in [6, 6.07) is 4.63. The number of carboxylic acid groups (broad SMARTS) is 2. The molecule has 2 aliphatic rings. The summed E-state index contributed by atoms with van der Waals surface area (Å²) in [5, 5.41) is 19.7. The fraction of sp³-hybridized carbons (Fsp3) is 0.471. The van der Waals surface area contributed by atoms with E-state index >= 15 is 0 Å². The maximum atomic E-state index is 12.4. The van der Waals surface area contributed by atoms with E-state index in [2.05, 4.69) is 0 Å². The van der Waals surface area contributed by atoms with Gasteiger partial charge in [0.1, 0.15) is 11.2 Å². The molecule has 1 amide bonds. The fourth-order valence-electron chi connectivity index (χ4n) is 5.07. The van der Waals surface area contributed by atoms with E-state index in [1.54, 1.807) is 12.1 Å². The van der Waals surface area contributed by atoms with Gasteiger partial charge in [0, 0.05) is 23.6 Å². The summed E-state index contributed by atoms with van der Waals surface area (Å²) in [5.74, 6) is -3.87. The molecular weight excluding hydrogens is 328 g/mol. The summed E-state index contributed by atoms with van der Waals surface area (Å²) in [5.41, 5.74) is 9.13. The Hall–Kier alpha value is -2.77. The number of aliphatic carboxylic acids is 2. The number of primary amides is 1. The van der Waals surface area contributed by atoms with E-state index in [9.17, 15) is 24.6 Å². The number of nitrogens with two attached hydrogens (primary N) is 2. The van der Waals surface area contributed by atoms with Crippen LogP contribution >= 0.6 is 0 Å². The maximum Gasteiger partial charge on any atom is 0.314 e. The van der Waals surface area contributed by atoms with Crippen LogP contribution in [0.1, 0.15) is 24.8 Å². The summed E-state index contributed by atoms with van der Waals surface area (Å²) < 4.78 is 5.10. The number of carboxylic acids is 2. The average molecular weight is 348 g/mol. The molecule has 8 heteroatoms. The minimum atomic E-state index is -1.56. The molecule has 1 aromatic rings. The van der Waals surface area contributed by atoms with Gasteiger partial charge in [-0.1, -0.05) is 6.07 Å². The lowest BCUT2D eigenvalue weighted by molar-refractivity contribution is -0.149. The zero-order chi connectivity index (χ0) is 18.6. The van der Waals surface area contributed by atoms with Crippen molar-refractivity contribution in [1.29, 1.82) is 0 Å². The number of anilines is 1. The molecule has 6 N–H and O–H groups in total. The molecule has 25 heavy (non-hydrogen) atoms. The zero-order valence-corrected chi connectivity index (χ0v) is 13.7. The van der Waals surface area contributed by atoms with E-state index in [4.69, 9.17) is 16.2 Å². The Labute approximate surface area is 143 Å². The molecule has 2 aliphatic carbocycles. The van der Waals surface area contributed by atoms with Crippen molar-refractivity contribution in [1.82, 2.24) is 0 Å². The van der Waals surface area contributed by atoms with E-state index in [1.807, 2.05) is 0 Å². The highest BCUT2D eigenvalue weighted by Gasteiger charge is 2.83. The molecule has 0 aromatic heterocycles. The van der Waals surface area contributed by atoms with Gasteiger partial charge in [-0.15, -0.1) is 0 Å². The Morgan fingerprint density at radius 3 is 2.44 bits per heavy atom. The van der Waals surface area contributed by atoms with Crippen molar-refractivity contribution < 1.29 is 29.3 Å². The highest BCUT2D eigenvalue weighted by atomic mass is 16.5. The van der Waals surface area contributed by atoms with E-state index in [0.717, 1.165) is 0 Å². The topological polar surface area (TPSA) is 153 Å². The van der Waals surface area contributed by atoms with Crippen LogP contribution in [0.3, 0.4) is 0 Å². The molecule has 0 saturated heterocycles. The van der Waals surface area contributed by atoms with E-state index in [0.29, 0.717) is 17.7 Å². The average Bonchev–Trinajstić information content (AvgIpc) is 3.05. The van der Waals surface area contributed by atoms with Crippen molar-refractivity contribution in [2.24, 2.45) is 23.0 Å². The minimum Gasteiger partial charge on any atom is -0.497 e. The smallest absolute Gasteiger partial charge is 0.314 e. The number of carbonyl (C=O) groups excluding carboxylic acids is 1. The zero-order valence-electron chi connectivity index (χ0n) is 13.7. The number of hydrogen-bond donors (Lipinski definition) is 4. The lowest BCUT2D eigenvalue weighted by Gasteiger charge is -2.36. The number of carbonyl (C=O) groups is 3. The third-order valence-electron chi connectivity index (χ3n) is 5.95. The van der Waals surface area contributed by atoms with Gasteiger partial charge >= 0.3 is 11.9 Å². The molecule has 3 rings (SSSR count). The lowest BCUT2D eigenvalue weighted by atomic mass is 9.64. The monoisotopic (exact) mass is 348 g/mol. The van der Waals surface area contributed by atoms with Crippen LogP contribution in [0.15, 0.2) is 18.2 Å². The minimum absolute atomic E-state index is 0.197. The van der Waals surface area contributed by atoms with Crippen molar-refractivity contribution in [3.05, 3.63) is 23.8 Å². The van der Waals surface area contributed by atoms with Gasteiger partial charge in [-0.05, 0) is 30.4 Å². The third-order valence-corrected chi connectivity index (χ3v) is 5.95. The third kappa shape index (κ3) is 2.03. The Morgan fingerprint density at radius 2 is 2.00 bits per heavy atom. The Bertz CT molecular complexity index is 778. The number of fused-ring (bicyclic) bond motifs is 1. The molecular formula is C17H20N2O6. The first-order valence-electron chi connectivity index (χ1n) is 7.91. The van der Waals surface area contributed by atoms with Gasteiger partial charge in [-0.2, -0.15) is 0 Å². The van der Waals surface area contributed by atoms with Crippen molar-refractivity contribution in [3.63, 3.8) is 0 Å². The van der Waals surface area contributed by atoms with Gasteiger partial charge in [-0.25, -0.2) is 0 Å². The van der Waals surface area contributed by atoms with Crippen LogP contribution in [-0.4, -0.2) is 35.2 Å². The summed E-state index contributed by atoms with van der Waals surface area (Å²) in [7, 11) is 1.46. The summed E-state index contributed by atoms with van der Waals surface area (Å²) in [4.78, 5) is 35.8. The molecule has 1 aromatic carbocycles. The first-order chi connectivity index (χ1) is 11.7. The fourth-order valence-corrected chi connectivity index (χ4v) is 5.07. The van der Waals surface area contributed by atoms with Crippen LogP contribution in [0.25, 0.3) is 0 Å². The van der Waals surface area contributed by atoms with E-state index in [1.165, 1.54) is 13.2 Å². The highest BCUT2D eigenvalue weighted by Crippen LogP contribution is 2.78. The van der Waals surface area contributed by atoms with Crippen molar-refractivity contribution >= 4 is 23.5 Å². The van der Waals surface area contributed by atoms with Crippen molar-refractivity contribution in [2.45, 2.75) is 24.7 Å². The number of ether oxygens (including phenoxy) is 1. The Kier molecular flexibility index (Phi) is 3.66. The van der Waals surface area contributed by atoms with Crippen LogP contribution in [0.4, 0.5) is 5.69 Å². The SMILES string of the molecule is COc1ccc(C2(C(=O)O)CCC3C(C(=O)O)C32CC(N)=O)c(N)c1. The molecule has 8 nitrogen and oxygen atoms in total. The normalized spacial score (nSPS) is 32.7. The second kappa shape index (κ2) is 5.37. The molecule has 0 radical (unpaired) electrons. The Morgan fingerprint density at radius 1 is 1.32 bits per heavy atom. The van der Waals surface area contributed by atoms with Gasteiger partial charge < -0.3 is 26.4 Å². The van der Waals surface area contributed by atoms with Crippen molar-refractivity contribution in [2.75, 3.05) is 12.8 Å². The molecule has 2 fully saturated rings. The lowest BCUT2D eigenvalue weighted by Crippen LogP contribution is -2.46. The first kappa shape index (κ1) is 17.1. The molecule has 0 spiro atoms. The predicted octanol–water partition coefficient (Wildman–Crippen LogP) is 0.586. The molecule has 2 saturated carbocycles. The largest absolute Gasteiger partial charge is 0.497 e. The highest BCUT2D eigenvalue weighted by molar-refractivity contribution is 5.93. The number of benzene rings is 1. The number of rotatable bonds is 6. The van der Waals surface area contributed by atoms with Gasteiger partial charge in [0.15, 0.2) is 0 Å². The number of methoxy groups -OCH3 is 1. The molecule has 0 heterocycles. The molecule has 4 unspecified atom stereocenters. The molecule has 0 bridgehead atoms. The van der Waals surface area contributed by atoms with Crippen LogP contribution < -0.4 is 16.2 Å². The van der Waals surface area contributed by atoms with Gasteiger partial charge in [0.2, 0.25) is 5.91 Å². The first-order valence-corrected chi connectivity index (χ1v) is 7.91. The molecule has 0 aliphatic heterocycles. The van der Waals surface area contributed by atoms with Crippen LogP contribution in [-0.2, 0) is 19.8 Å². The van der Waals surface area contributed by atoms with Gasteiger partial charge in [0.25, 0.3) is 0 Å². The predicted molar refractivity (Wildman–Crippen MR) is 86.8 cm³/mol. The molecule has 134 valence electrons. The van der Waals surface area contributed by atoms with Crippen LogP contribution in [0.2, 0.25) is 0 Å². The number of hydrogen-bond acceptors (Lipinski definition) is 5. The maximum absolute atomic E-state index is 12.4. The van der Waals surface area contributed by atoms with Crippen LogP contribution in [0.5, 0.6) is 5.75 Å². The second-order valence-corrected chi connectivity index (χ2v) is 6.81. The summed E-state index contributed by atoms with van der Waals surface area (Å²) in [6.07, 6.45) is 0.301. The second-order valence-electron chi connectivity index (χ2n) is 6.81.